The van der Waals surface area contributed by atoms with Gasteiger partial charge in [0.15, 0.2) is 0 Å². The average molecular weight is 260 g/mol. The van der Waals surface area contributed by atoms with E-state index in [9.17, 15) is 4.79 Å². The highest BCUT2D eigenvalue weighted by molar-refractivity contribution is 6.12. The van der Waals surface area contributed by atoms with E-state index in [2.05, 4.69) is 10.3 Å². The summed E-state index contributed by atoms with van der Waals surface area (Å²) in [6, 6.07) is 3.29. The zero-order valence-corrected chi connectivity index (χ0v) is 11.2. The lowest BCUT2D eigenvalue weighted by Crippen LogP contribution is -2.28. The van der Waals surface area contributed by atoms with E-state index >= 15 is 0 Å². The molecule has 0 spiro atoms. The Balaban J connectivity index is 2.71. The van der Waals surface area contributed by atoms with Crippen LogP contribution in [-0.2, 0) is 9.53 Å². The van der Waals surface area contributed by atoms with Crippen molar-refractivity contribution in [3.8, 4) is 6.07 Å². The van der Waals surface area contributed by atoms with Crippen LogP contribution in [0.15, 0.2) is 18.5 Å². The van der Waals surface area contributed by atoms with Gasteiger partial charge in [0, 0.05) is 11.8 Å². The first-order chi connectivity index (χ1) is 8.83. The molecule has 0 radical (unpaired) electrons. The second kappa shape index (κ2) is 5.96. The summed E-state index contributed by atoms with van der Waals surface area (Å²) >= 11 is 0. The molecular formula is C13H16N4O2. The Labute approximate surface area is 111 Å². The number of carbonyl (C=O) groups is 1. The van der Waals surface area contributed by atoms with Gasteiger partial charge in [-0.05, 0) is 26.8 Å². The molecule has 1 rings (SSSR count). The average Bonchev–Trinajstić information content (AvgIpc) is 2.33. The second-order valence-electron chi connectivity index (χ2n) is 4.85. The van der Waals surface area contributed by atoms with Crippen molar-refractivity contribution in [1.82, 2.24) is 4.98 Å². The standard InChI is InChI=1S/C13H16N4O2/c1-13(2,3)19-12(18)8-17-11-7-16-5-4-9(11)10(15)6-14/h4-5,7,15,17H,8H2,1-3H3. The van der Waals surface area contributed by atoms with Gasteiger partial charge in [0.25, 0.3) is 0 Å². The number of rotatable bonds is 4. The van der Waals surface area contributed by atoms with Gasteiger partial charge in [-0.3, -0.25) is 15.2 Å². The van der Waals surface area contributed by atoms with Gasteiger partial charge in [-0.2, -0.15) is 5.26 Å². The first-order valence-corrected chi connectivity index (χ1v) is 5.72. The van der Waals surface area contributed by atoms with Crippen molar-refractivity contribution >= 4 is 17.4 Å². The molecule has 0 aliphatic carbocycles. The van der Waals surface area contributed by atoms with Crippen molar-refractivity contribution in [2.24, 2.45) is 0 Å². The normalized spacial score (nSPS) is 10.4. The molecular weight excluding hydrogens is 244 g/mol. The largest absolute Gasteiger partial charge is 0.459 e. The molecule has 0 aliphatic rings. The van der Waals surface area contributed by atoms with Crippen molar-refractivity contribution < 1.29 is 9.53 Å². The molecule has 1 aromatic rings. The summed E-state index contributed by atoms with van der Waals surface area (Å²) in [5.74, 6) is -0.411. The topological polar surface area (TPSA) is 98.9 Å². The van der Waals surface area contributed by atoms with Crippen LogP contribution >= 0.6 is 0 Å². The van der Waals surface area contributed by atoms with Crippen LogP contribution < -0.4 is 5.32 Å². The minimum Gasteiger partial charge on any atom is -0.459 e. The summed E-state index contributed by atoms with van der Waals surface area (Å²) < 4.78 is 5.15. The fraction of sp³-hybridized carbons (Fsp3) is 0.385. The third-order valence-electron chi connectivity index (χ3n) is 2.05. The first kappa shape index (κ1) is 14.6. The molecule has 1 heterocycles. The van der Waals surface area contributed by atoms with Gasteiger partial charge in [0.2, 0.25) is 0 Å². The number of pyridine rings is 1. The molecule has 0 saturated heterocycles. The molecule has 0 amide bonds. The number of nitrogens with zero attached hydrogens (tertiary/aromatic N) is 2. The number of hydrogen-bond donors (Lipinski definition) is 2. The Morgan fingerprint density at radius 1 is 1.58 bits per heavy atom. The summed E-state index contributed by atoms with van der Waals surface area (Å²) in [5, 5.41) is 19.1. The fourth-order valence-corrected chi connectivity index (χ4v) is 1.36. The maximum Gasteiger partial charge on any atom is 0.325 e. The summed E-state index contributed by atoms with van der Waals surface area (Å²) in [7, 11) is 0. The number of aromatic nitrogens is 1. The SMILES string of the molecule is CC(C)(C)OC(=O)CNc1cnccc1C(=N)C#N. The summed E-state index contributed by atoms with van der Waals surface area (Å²) in [5.41, 5.74) is 0.130. The van der Waals surface area contributed by atoms with Crippen molar-refractivity contribution in [2.45, 2.75) is 26.4 Å². The summed E-state index contributed by atoms with van der Waals surface area (Å²) in [6.45, 7) is 5.30. The Hall–Kier alpha value is -2.42. The maximum atomic E-state index is 11.6. The molecule has 6 nitrogen and oxygen atoms in total. The minimum absolute atomic E-state index is 0.0470. The number of hydrogen-bond acceptors (Lipinski definition) is 6. The Bertz CT molecular complexity index is 526. The van der Waals surface area contributed by atoms with Crippen LogP contribution in [0.4, 0.5) is 5.69 Å². The molecule has 100 valence electrons. The van der Waals surface area contributed by atoms with Crippen molar-refractivity contribution in [2.75, 3.05) is 11.9 Å². The molecule has 0 saturated carbocycles. The molecule has 0 aliphatic heterocycles. The van der Waals surface area contributed by atoms with Gasteiger partial charge in [0.1, 0.15) is 23.9 Å². The predicted octanol–water partition coefficient (Wildman–Crippen LogP) is 1.73. The Kier molecular flexibility index (Phi) is 4.59. The molecule has 0 atom stereocenters. The number of carbonyl (C=O) groups excluding carboxylic acids is 1. The minimum atomic E-state index is -0.546. The molecule has 2 N–H and O–H groups in total. The number of nitrogens with one attached hydrogen (secondary N) is 2. The van der Waals surface area contributed by atoms with Gasteiger partial charge >= 0.3 is 5.97 Å². The zero-order chi connectivity index (χ0) is 14.5. The van der Waals surface area contributed by atoms with E-state index in [0.29, 0.717) is 11.3 Å². The smallest absolute Gasteiger partial charge is 0.325 e. The molecule has 1 aromatic heterocycles. The van der Waals surface area contributed by atoms with Gasteiger partial charge in [-0.15, -0.1) is 0 Å². The van der Waals surface area contributed by atoms with E-state index in [0.717, 1.165) is 0 Å². The lowest BCUT2D eigenvalue weighted by atomic mass is 10.1. The van der Waals surface area contributed by atoms with Crippen LogP contribution in [0.3, 0.4) is 0 Å². The maximum absolute atomic E-state index is 11.6. The highest BCUT2D eigenvalue weighted by atomic mass is 16.6. The van der Waals surface area contributed by atoms with E-state index in [-0.39, 0.29) is 12.3 Å². The molecule has 19 heavy (non-hydrogen) atoms. The number of anilines is 1. The lowest BCUT2D eigenvalue weighted by Gasteiger charge is -2.20. The molecule has 0 fully saturated rings. The number of ether oxygens (including phenoxy) is 1. The summed E-state index contributed by atoms with van der Waals surface area (Å²) in [4.78, 5) is 15.5. The Morgan fingerprint density at radius 3 is 2.84 bits per heavy atom. The van der Waals surface area contributed by atoms with E-state index in [1.54, 1.807) is 32.9 Å². The van der Waals surface area contributed by atoms with Crippen LogP contribution in [0.1, 0.15) is 26.3 Å². The van der Waals surface area contributed by atoms with Gasteiger partial charge in [-0.1, -0.05) is 0 Å². The summed E-state index contributed by atoms with van der Waals surface area (Å²) in [6.07, 6.45) is 2.95. The van der Waals surface area contributed by atoms with Crippen LogP contribution in [0.25, 0.3) is 0 Å². The van der Waals surface area contributed by atoms with Crippen molar-refractivity contribution in [3.05, 3.63) is 24.0 Å². The Morgan fingerprint density at radius 2 is 2.26 bits per heavy atom. The van der Waals surface area contributed by atoms with Gasteiger partial charge in [-0.25, -0.2) is 0 Å². The fourth-order valence-electron chi connectivity index (χ4n) is 1.36. The van der Waals surface area contributed by atoms with Crippen molar-refractivity contribution in [3.63, 3.8) is 0 Å². The monoisotopic (exact) mass is 260 g/mol. The molecule has 0 aromatic carbocycles. The molecule has 6 heteroatoms. The van der Waals surface area contributed by atoms with Gasteiger partial charge in [0.05, 0.1) is 11.9 Å². The van der Waals surface area contributed by atoms with Crippen LogP contribution in [0, 0.1) is 16.7 Å². The zero-order valence-electron chi connectivity index (χ0n) is 11.2. The quantitative estimate of drug-likeness (QED) is 0.634. The van der Waals surface area contributed by atoms with Crippen LogP contribution in [0.2, 0.25) is 0 Å². The van der Waals surface area contributed by atoms with E-state index < -0.39 is 11.6 Å². The van der Waals surface area contributed by atoms with Gasteiger partial charge < -0.3 is 10.1 Å². The number of esters is 1. The van der Waals surface area contributed by atoms with Crippen LogP contribution in [-0.4, -0.2) is 28.8 Å². The third kappa shape index (κ3) is 4.76. The molecule has 0 unspecified atom stereocenters. The first-order valence-electron chi connectivity index (χ1n) is 5.72. The highest BCUT2D eigenvalue weighted by Gasteiger charge is 2.16. The number of nitriles is 1. The van der Waals surface area contributed by atoms with Crippen molar-refractivity contribution in [1.29, 1.82) is 10.7 Å². The molecule has 0 bridgehead atoms. The van der Waals surface area contributed by atoms with E-state index in [4.69, 9.17) is 15.4 Å². The van der Waals surface area contributed by atoms with Crippen LogP contribution in [0.5, 0.6) is 0 Å². The highest BCUT2D eigenvalue weighted by Crippen LogP contribution is 2.14. The lowest BCUT2D eigenvalue weighted by molar-refractivity contribution is -0.152. The van der Waals surface area contributed by atoms with E-state index in [1.807, 2.05) is 0 Å². The van der Waals surface area contributed by atoms with E-state index in [1.165, 1.54) is 12.4 Å². The third-order valence-corrected chi connectivity index (χ3v) is 2.05. The second-order valence-corrected chi connectivity index (χ2v) is 4.85. The predicted molar refractivity (Wildman–Crippen MR) is 71.0 cm³/mol.